The third kappa shape index (κ3) is 4.81. The Morgan fingerprint density at radius 1 is 1.00 bits per heavy atom. The van der Waals surface area contributed by atoms with Gasteiger partial charge in [-0.1, -0.05) is 60.2 Å². The van der Waals surface area contributed by atoms with Crippen LogP contribution in [0.25, 0.3) is 0 Å². The van der Waals surface area contributed by atoms with Crippen molar-refractivity contribution >= 4 is 28.2 Å². The molecule has 1 heterocycles. The number of carbonyl (C=O) groups is 2. The Morgan fingerprint density at radius 3 is 2.33 bits per heavy atom. The number of hydrogen-bond acceptors (Lipinski definition) is 4. The van der Waals surface area contributed by atoms with Gasteiger partial charge >= 0.3 is 0 Å². The second-order valence-electron chi connectivity index (χ2n) is 6.21. The van der Waals surface area contributed by atoms with Gasteiger partial charge in [0, 0.05) is 0 Å². The highest BCUT2D eigenvalue weighted by Gasteiger charge is 2.17. The van der Waals surface area contributed by atoms with E-state index >= 15 is 0 Å². The standard InChI is InChI=1S/C21H21N3O2S/c1-14-7-9-16(10-8-14)19(15-5-3-2-4-6-15)23-13-18(25)24-21-17(20(22)26)11-12-27-21/h2-12,19,23H,13H2,1H3,(H2,22,26)(H,24,25)/t19-/m1/s1. The molecule has 1 aromatic heterocycles. The van der Waals surface area contributed by atoms with Gasteiger partial charge in [-0.25, -0.2) is 0 Å². The summed E-state index contributed by atoms with van der Waals surface area (Å²) < 4.78 is 0. The van der Waals surface area contributed by atoms with E-state index in [1.165, 1.54) is 16.9 Å². The van der Waals surface area contributed by atoms with E-state index in [0.29, 0.717) is 10.6 Å². The Bertz CT molecular complexity index is 920. The average Bonchev–Trinajstić information content (AvgIpc) is 3.12. The maximum absolute atomic E-state index is 12.4. The van der Waals surface area contributed by atoms with Gasteiger partial charge in [0.25, 0.3) is 5.91 Å². The highest BCUT2D eigenvalue weighted by molar-refractivity contribution is 7.14. The first-order valence-corrected chi connectivity index (χ1v) is 9.44. The van der Waals surface area contributed by atoms with E-state index in [2.05, 4.69) is 34.9 Å². The third-order valence-electron chi connectivity index (χ3n) is 4.19. The Hall–Kier alpha value is -2.96. The van der Waals surface area contributed by atoms with Crippen molar-refractivity contribution in [3.8, 4) is 0 Å². The van der Waals surface area contributed by atoms with Crippen molar-refractivity contribution < 1.29 is 9.59 Å². The summed E-state index contributed by atoms with van der Waals surface area (Å²) in [5.74, 6) is -0.783. The Morgan fingerprint density at radius 2 is 1.67 bits per heavy atom. The van der Waals surface area contributed by atoms with Crippen molar-refractivity contribution in [3.63, 3.8) is 0 Å². The van der Waals surface area contributed by atoms with Gasteiger partial charge in [-0.15, -0.1) is 11.3 Å². The molecule has 138 valence electrons. The Labute approximate surface area is 162 Å². The van der Waals surface area contributed by atoms with Crippen molar-refractivity contribution in [3.05, 3.63) is 88.3 Å². The molecule has 27 heavy (non-hydrogen) atoms. The van der Waals surface area contributed by atoms with Crippen LogP contribution in [0.2, 0.25) is 0 Å². The molecule has 5 nitrogen and oxygen atoms in total. The van der Waals surface area contributed by atoms with Crippen molar-refractivity contribution in [2.24, 2.45) is 5.73 Å². The van der Waals surface area contributed by atoms with Crippen LogP contribution in [-0.4, -0.2) is 18.4 Å². The molecule has 2 amide bonds. The van der Waals surface area contributed by atoms with Gasteiger partial charge in [-0.3, -0.25) is 14.9 Å². The zero-order chi connectivity index (χ0) is 19.2. The predicted molar refractivity (Wildman–Crippen MR) is 109 cm³/mol. The van der Waals surface area contributed by atoms with E-state index in [1.54, 1.807) is 11.4 Å². The zero-order valence-electron chi connectivity index (χ0n) is 14.9. The number of aryl methyl sites for hydroxylation is 1. The van der Waals surface area contributed by atoms with Gasteiger partial charge in [0.1, 0.15) is 5.00 Å². The topological polar surface area (TPSA) is 84.2 Å². The fourth-order valence-corrected chi connectivity index (χ4v) is 3.61. The first-order valence-electron chi connectivity index (χ1n) is 8.56. The molecule has 0 saturated heterocycles. The molecule has 0 saturated carbocycles. The van der Waals surface area contributed by atoms with Crippen molar-refractivity contribution in [1.29, 1.82) is 0 Å². The van der Waals surface area contributed by atoms with Crippen molar-refractivity contribution in [2.75, 3.05) is 11.9 Å². The average molecular weight is 379 g/mol. The molecule has 4 N–H and O–H groups in total. The number of primary amides is 1. The molecular formula is C21H21N3O2S. The van der Waals surface area contributed by atoms with Crippen LogP contribution < -0.4 is 16.4 Å². The number of benzene rings is 2. The summed E-state index contributed by atoms with van der Waals surface area (Å²) in [4.78, 5) is 23.8. The summed E-state index contributed by atoms with van der Waals surface area (Å²) in [6.45, 7) is 2.14. The molecule has 0 aliphatic carbocycles. The molecule has 2 aromatic carbocycles. The monoisotopic (exact) mass is 379 g/mol. The summed E-state index contributed by atoms with van der Waals surface area (Å²) in [7, 11) is 0. The molecule has 3 aromatic rings. The molecule has 0 spiro atoms. The molecule has 0 bridgehead atoms. The Kier molecular flexibility index (Phi) is 6.01. The fourth-order valence-electron chi connectivity index (χ4n) is 2.80. The largest absolute Gasteiger partial charge is 0.366 e. The predicted octanol–water partition coefficient (Wildman–Crippen LogP) is 3.47. The lowest BCUT2D eigenvalue weighted by atomic mass is 9.98. The number of hydrogen-bond donors (Lipinski definition) is 3. The van der Waals surface area contributed by atoms with Gasteiger partial charge in [0.05, 0.1) is 18.2 Å². The van der Waals surface area contributed by atoms with Gasteiger partial charge in [-0.2, -0.15) is 0 Å². The van der Waals surface area contributed by atoms with Crippen LogP contribution in [0.15, 0.2) is 66.0 Å². The summed E-state index contributed by atoms with van der Waals surface area (Å²) in [5.41, 5.74) is 8.98. The quantitative estimate of drug-likeness (QED) is 0.588. The van der Waals surface area contributed by atoms with Crippen LogP contribution in [0.4, 0.5) is 5.00 Å². The number of rotatable bonds is 7. The van der Waals surface area contributed by atoms with E-state index in [9.17, 15) is 9.59 Å². The number of nitrogens with one attached hydrogen (secondary N) is 2. The summed E-state index contributed by atoms with van der Waals surface area (Å²) >= 11 is 1.27. The van der Waals surface area contributed by atoms with Crippen LogP contribution >= 0.6 is 11.3 Å². The lowest BCUT2D eigenvalue weighted by molar-refractivity contribution is -0.115. The minimum atomic E-state index is -0.554. The van der Waals surface area contributed by atoms with E-state index in [-0.39, 0.29) is 18.5 Å². The lowest BCUT2D eigenvalue weighted by Crippen LogP contribution is -2.32. The van der Waals surface area contributed by atoms with Crippen LogP contribution in [0, 0.1) is 6.92 Å². The normalized spacial score (nSPS) is 11.7. The molecule has 0 aliphatic rings. The maximum atomic E-state index is 12.4. The van der Waals surface area contributed by atoms with Crippen LogP contribution in [0.5, 0.6) is 0 Å². The van der Waals surface area contributed by atoms with E-state index in [4.69, 9.17) is 5.73 Å². The second kappa shape index (κ2) is 8.62. The fraction of sp³-hybridized carbons (Fsp3) is 0.143. The zero-order valence-corrected chi connectivity index (χ0v) is 15.8. The molecular weight excluding hydrogens is 358 g/mol. The van der Waals surface area contributed by atoms with Crippen molar-refractivity contribution in [2.45, 2.75) is 13.0 Å². The SMILES string of the molecule is Cc1ccc([C@H](NCC(=O)Nc2sccc2C(N)=O)c2ccccc2)cc1. The van der Waals surface area contributed by atoms with Crippen LogP contribution in [0.1, 0.15) is 33.1 Å². The Balaban J connectivity index is 1.73. The minimum Gasteiger partial charge on any atom is -0.366 e. The highest BCUT2D eigenvalue weighted by Crippen LogP contribution is 2.24. The minimum absolute atomic E-state index is 0.101. The van der Waals surface area contributed by atoms with E-state index in [1.807, 2.05) is 37.3 Å². The molecule has 3 rings (SSSR count). The smallest absolute Gasteiger partial charge is 0.251 e. The molecule has 1 atom stereocenters. The summed E-state index contributed by atoms with van der Waals surface area (Å²) in [6, 6.07) is 19.7. The summed E-state index contributed by atoms with van der Waals surface area (Å²) in [6.07, 6.45) is 0. The summed E-state index contributed by atoms with van der Waals surface area (Å²) in [5, 5.41) is 8.26. The highest BCUT2D eigenvalue weighted by atomic mass is 32.1. The van der Waals surface area contributed by atoms with Gasteiger partial charge in [0.15, 0.2) is 0 Å². The van der Waals surface area contributed by atoms with Crippen molar-refractivity contribution in [1.82, 2.24) is 5.32 Å². The third-order valence-corrected chi connectivity index (χ3v) is 5.02. The number of thiophene rings is 1. The first-order chi connectivity index (χ1) is 13.0. The number of anilines is 1. The molecule has 6 heteroatoms. The van der Waals surface area contributed by atoms with Gasteiger partial charge in [0.2, 0.25) is 5.91 Å². The lowest BCUT2D eigenvalue weighted by Gasteiger charge is -2.20. The van der Waals surface area contributed by atoms with E-state index < -0.39 is 5.91 Å². The number of carbonyl (C=O) groups excluding carboxylic acids is 2. The van der Waals surface area contributed by atoms with E-state index in [0.717, 1.165) is 11.1 Å². The van der Waals surface area contributed by atoms with Crippen LogP contribution in [-0.2, 0) is 4.79 Å². The molecule has 0 aliphatic heterocycles. The number of nitrogens with two attached hydrogens (primary N) is 1. The van der Waals surface area contributed by atoms with Gasteiger partial charge in [-0.05, 0) is 29.5 Å². The van der Waals surface area contributed by atoms with Crippen LogP contribution in [0.3, 0.4) is 0 Å². The second-order valence-corrected chi connectivity index (χ2v) is 7.13. The molecule has 0 radical (unpaired) electrons. The molecule has 0 unspecified atom stereocenters. The first kappa shape index (κ1) is 18.8. The maximum Gasteiger partial charge on any atom is 0.251 e. The molecule has 0 fully saturated rings. The van der Waals surface area contributed by atoms with Gasteiger partial charge < -0.3 is 11.1 Å². The number of amides is 2.